The predicted molar refractivity (Wildman–Crippen MR) is 118 cm³/mol. The van der Waals surface area contributed by atoms with Crippen LogP contribution in [0.15, 0.2) is 23.3 Å². The molecule has 0 aromatic carbocycles. The van der Waals surface area contributed by atoms with Gasteiger partial charge in [-0.3, -0.25) is 14.6 Å². The molecule has 1 atom stereocenters. The Morgan fingerprint density at radius 2 is 2.00 bits per heavy atom. The highest BCUT2D eigenvalue weighted by Gasteiger charge is 2.31. The van der Waals surface area contributed by atoms with Crippen molar-refractivity contribution < 1.29 is 9.59 Å². The van der Waals surface area contributed by atoms with Crippen molar-refractivity contribution in [3.05, 3.63) is 23.9 Å². The summed E-state index contributed by atoms with van der Waals surface area (Å²) in [6, 6.07) is 3.90. The van der Waals surface area contributed by atoms with Gasteiger partial charge in [0.1, 0.15) is 5.82 Å². The molecule has 2 amide bonds. The predicted octanol–water partition coefficient (Wildman–Crippen LogP) is 2.06. The first-order valence-corrected chi connectivity index (χ1v) is 11.0. The molecule has 8 heteroatoms. The maximum absolute atomic E-state index is 12.7. The number of rotatable bonds is 6. The number of carbonyl (C=O) groups excluding carboxylic acids is 2. The standard InChI is InChI=1S/C22H34N6O2/c1-16-8-9-19(25-14-16)27-20(29)10-12-24-22(23-2)26-18-11-13-28(15-18)21(30)17-6-4-3-5-7-17/h8-9,14,17-18H,3-7,10-13,15H2,1-2H3,(H2,23,24,26)(H,25,27,29). The number of nitrogens with zero attached hydrogens (tertiary/aromatic N) is 3. The molecule has 3 N–H and O–H groups in total. The lowest BCUT2D eigenvalue weighted by molar-refractivity contribution is -0.135. The van der Waals surface area contributed by atoms with E-state index < -0.39 is 0 Å². The fourth-order valence-corrected chi connectivity index (χ4v) is 4.12. The van der Waals surface area contributed by atoms with Gasteiger partial charge in [0.05, 0.1) is 0 Å². The van der Waals surface area contributed by atoms with Gasteiger partial charge in [0.25, 0.3) is 0 Å². The van der Waals surface area contributed by atoms with Gasteiger partial charge in [0.15, 0.2) is 5.96 Å². The third-order valence-electron chi connectivity index (χ3n) is 5.84. The van der Waals surface area contributed by atoms with Crippen LogP contribution in [0.5, 0.6) is 0 Å². The number of pyridine rings is 1. The van der Waals surface area contributed by atoms with E-state index >= 15 is 0 Å². The number of amides is 2. The zero-order valence-corrected chi connectivity index (χ0v) is 18.1. The van der Waals surface area contributed by atoms with Crippen LogP contribution in [-0.2, 0) is 9.59 Å². The van der Waals surface area contributed by atoms with Crippen LogP contribution in [0.1, 0.15) is 50.5 Å². The number of aryl methyl sites for hydroxylation is 1. The Morgan fingerprint density at radius 1 is 1.20 bits per heavy atom. The molecule has 1 saturated heterocycles. The second-order valence-corrected chi connectivity index (χ2v) is 8.27. The first-order valence-electron chi connectivity index (χ1n) is 11.0. The molecule has 1 aliphatic heterocycles. The van der Waals surface area contributed by atoms with E-state index in [4.69, 9.17) is 0 Å². The average molecular weight is 415 g/mol. The van der Waals surface area contributed by atoms with Crippen molar-refractivity contribution in [3.8, 4) is 0 Å². The second-order valence-electron chi connectivity index (χ2n) is 8.27. The van der Waals surface area contributed by atoms with Crippen LogP contribution < -0.4 is 16.0 Å². The van der Waals surface area contributed by atoms with E-state index in [-0.39, 0.29) is 17.9 Å². The molecule has 1 aromatic rings. The van der Waals surface area contributed by atoms with Gasteiger partial charge < -0.3 is 20.9 Å². The molecule has 2 aliphatic rings. The van der Waals surface area contributed by atoms with E-state index in [0.717, 1.165) is 37.9 Å². The topological polar surface area (TPSA) is 98.7 Å². The highest BCUT2D eigenvalue weighted by Crippen LogP contribution is 2.26. The van der Waals surface area contributed by atoms with Gasteiger partial charge in [-0.25, -0.2) is 4.98 Å². The Hall–Kier alpha value is -2.64. The van der Waals surface area contributed by atoms with Crippen molar-refractivity contribution in [3.63, 3.8) is 0 Å². The summed E-state index contributed by atoms with van der Waals surface area (Å²) in [5.41, 5.74) is 1.05. The summed E-state index contributed by atoms with van der Waals surface area (Å²) in [5.74, 6) is 1.66. The van der Waals surface area contributed by atoms with Crippen LogP contribution in [0.3, 0.4) is 0 Å². The molecule has 2 fully saturated rings. The van der Waals surface area contributed by atoms with Gasteiger partial charge in [-0.15, -0.1) is 0 Å². The average Bonchev–Trinajstić information content (AvgIpc) is 3.23. The largest absolute Gasteiger partial charge is 0.356 e. The highest BCUT2D eigenvalue weighted by atomic mass is 16.2. The summed E-state index contributed by atoms with van der Waals surface area (Å²) in [6.07, 6.45) is 8.64. The van der Waals surface area contributed by atoms with Gasteiger partial charge in [-0.1, -0.05) is 25.3 Å². The third kappa shape index (κ3) is 6.43. The number of carbonyl (C=O) groups is 2. The zero-order chi connectivity index (χ0) is 21.3. The fraction of sp³-hybridized carbons (Fsp3) is 0.636. The molecular formula is C22H34N6O2. The highest BCUT2D eigenvalue weighted by molar-refractivity contribution is 5.90. The van der Waals surface area contributed by atoms with Crippen molar-refractivity contribution in [1.82, 2.24) is 20.5 Å². The van der Waals surface area contributed by atoms with Gasteiger partial charge >= 0.3 is 0 Å². The molecule has 30 heavy (non-hydrogen) atoms. The Kier molecular flexibility index (Phi) is 8.04. The van der Waals surface area contributed by atoms with Gasteiger partial charge in [-0.05, 0) is 37.8 Å². The van der Waals surface area contributed by atoms with Crippen LogP contribution in [0.4, 0.5) is 5.82 Å². The molecule has 164 valence electrons. The summed E-state index contributed by atoms with van der Waals surface area (Å²) < 4.78 is 0. The van der Waals surface area contributed by atoms with Crippen molar-refractivity contribution >= 4 is 23.6 Å². The number of likely N-dealkylation sites (tertiary alicyclic amines) is 1. The number of hydrogen-bond donors (Lipinski definition) is 3. The lowest BCUT2D eigenvalue weighted by atomic mass is 9.88. The number of aliphatic imine (C=N–C) groups is 1. The lowest BCUT2D eigenvalue weighted by Crippen LogP contribution is -2.46. The Labute approximate surface area is 178 Å². The Balaban J connectivity index is 1.36. The normalized spacial score (nSPS) is 20.1. The van der Waals surface area contributed by atoms with Crippen LogP contribution in [-0.4, -0.2) is 60.4 Å². The number of anilines is 1. The van der Waals surface area contributed by atoms with Crippen LogP contribution in [0.2, 0.25) is 0 Å². The summed E-state index contributed by atoms with van der Waals surface area (Å²) in [4.78, 5) is 35.2. The molecule has 1 aliphatic carbocycles. The molecule has 0 radical (unpaired) electrons. The smallest absolute Gasteiger partial charge is 0.227 e. The van der Waals surface area contributed by atoms with Crippen LogP contribution in [0.25, 0.3) is 0 Å². The van der Waals surface area contributed by atoms with E-state index in [0.29, 0.717) is 30.7 Å². The molecule has 3 rings (SSSR count). The number of aromatic nitrogens is 1. The van der Waals surface area contributed by atoms with E-state index in [1.165, 1.54) is 19.3 Å². The maximum Gasteiger partial charge on any atom is 0.227 e. The summed E-state index contributed by atoms with van der Waals surface area (Å²) in [5, 5.41) is 9.36. The molecule has 8 nitrogen and oxygen atoms in total. The molecule has 1 aromatic heterocycles. The van der Waals surface area contributed by atoms with Gasteiger partial charge in [0, 0.05) is 51.3 Å². The van der Waals surface area contributed by atoms with Gasteiger partial charge in [-0.2, -0.15) is 0 Å². The molecule has 1 saturated carbocycles. The number of nitrogens with one attached hydrogen (secondary N) is 3. The van der Waals surface area contributed by atoms with E-state index in [9.17, 15) is 9.59 Å². The van der Waals surface area contributed by atoms with Gasteiger partial charge in [0.2, 0.25) is 11.8 Å². The third-order valence-corrected chi connectivity index (χ3v) is 5.84. The van der Waals surface area contributed by atoms with Crippen molar-refractivity contribution in [1.29, 1.82) is 0 Å². The summed E-state index contributed by atoms with van der Waals surface area (Å²) >= 11 is 0. The maximum atomic E-state index is 12.7. The number of guanidine groups is 1. The minimum absolute atomic E-state index is 0.0978. The Morgan fingerprint density at radius 3 is 2.70 bits per heavy atom. The summed E-state index contributed by atoms with van der Waals surface area (Å²) in [7, 11) is 1.71. The quantitative estimate of drug-likeness (QED) is 0.489. The fourth-order valence-electron chi connectivity index (χ4n) is 4.12. The van der Waals surface area contributed by atoms with E-state index in [1.54, 1.807) is 19.3 Å². The lowest BCUT2D eigenvalue weighted by Gasteiger charge is -2.26. The molecular weight excluding hydrogens is 380 g/mol. The molecule has 1 unspecified atom stereocenters. The Bertz CT molecular complexity index is 742. The minimum atomic E-state index is -0.0978. The van der Waals surface area contributed by atoms with Crippen LogP contribution in [0, 0.1) is 12.8 Å². The molecule has 2 heterocycles. The van der Waals surface area contributed by atoms with E-state index in [2.05, 4.69) is 25.9 Å². The van der Waals surface area contributed by atoms with Crippen molar-refractivity contribution in [2.75, 3.05) is 32.0 Å². The van der Waals surface area contributed by atoms with Crippen molar-refractivity contribution in [2.24, 2.45) is 10.9 Å². The number of hydrogen-bond acceptors (Lipinski definition) is 4. The zero-order valence-electron chi connectivity index (χ0n) is 18.1. The molecule has 0 spiro atoms. The monoisotopic (exact) mass is 414 g/mol. The second kappa shape index (κ2) is 10.9. The van der Waals surface area contributed by atoms with E-state index in [1.807, 2.05) is 17.9 Å². The summed E-state index contributed by atoms with van der Waals surface area (Å²) in [6.45, 7) is 3.94. The van der Waals surface area contributed by atoms with Crippen molar-refractivity contribution in [2.45, 2.75) is 57.9 Å². The minimum Gasteiger partial charge on any atom is -0.356 e. The van der Waals surface area contributed by atoms with Crippen LogP contribution >= 0.6 is 0 Å². The first-order chi connectivity index (χ1) is 14.5. The molecule has 0 bridgehead atoms. The SMILES string of the molecule is CN=C(NCCC(=O)Nc1ccc(C)cn1)NC1CCN(C(=O)C2CCCCC2)C1. The first kappa shape index (κ1) is 22.1.